The van der Waals surface area contributed by atoms with Gasteiger partial charge in [-0.05, 0) is 35.9 Å². The van der Waals surface area contributed by atoms with E-state index in [1.54, 1.807) is 24.3 Å². The zero-order valence-electron chi connectivity index (χ0n) is 11.2. The molecule has 0 amide bonds. The number of anilines is 1. The van der Waals surface area contributed by atoms with Crippen LogP contribution in [0.25, 0.3) is 0 Å². The minimum absolute atomic E-state index is 0.0628. The molecule has 0 bridgehead atoms. The minimum atomic E-state index is -0.620. The largest absolute Gasteiger partial charge is 0.496 e. The summed E-state index contributed by atoms with van der Waals surface area (Å²) in [6.07, 6.45) is 0. The van der Waals surface area contributed by atoms with E-state index in [2.05, 4.69) is 15.9 Å². The Morgan fingerprint density at radius 3 is 2.76 bits per heavy atom. The molecule has 0 fully saturated rings. The maximum absolute atomic E-state index is 13.2. The molecule has 0 saturated heterocycles. The van der Waals surface area contributed by atoms with E-state index < -0.39 is 11.8 Å². The van der Waals surface area contributed by atoms with Gasteiger partial charge in [0.2, 0.25) is 0 Å². The average Bonchev–Trinajstić information content (AvgIpc) is 2.43. The summed E-state index contributed by atoms with van der Waals surface area (Å²) in [5.74, 6) is -0.696. The lowest BCUT2D eigenvalue weighted by atomic mass is 10.1. The van der Waals surface area contributed by atoms with E-state index in [1.807, 2.05) is 0 Å². The highest BCUT2D eigenvalue weighted by Gasteiger charge is 2.17. The molecule has 2 aromatic rings. The molecule has 0 unspecified atom stereocenters. The Bertz CT molecular complexity index is 656. The van der Waals surface area contributed by atoms with Crippen molar-refractivity contribution in [2.24, 2.45) is 0 Å². The lowest BCUT2D eigenvalue weighted by Crippen LogP contribution is -2.10. The highest BCUT2D eigenvalue weighted by Crippen LogP contribution is 2.25. The van der Waals surface area contributed by atoms with Crippen molar-refractivity contribution in [3.8, 4) is 5.75 Å². The summed E-state index contributed by atoms with van der Waals surface area (Å²) in [7, 11) is 1.44. The maximum atomic E-state index is 13.2. The Balaban J connectivity index is 2.15. The van der Waals surface area contributed by atoms with Gasteiger partial charge in [-0.15, -0.1) is 0 Å². The zero-order valence-corrected chi connectivity index (χ0v) is 12.8. The first-order chi connectivity index (χ1) is 10.0. The molecule has 6 heteroatoms. The highest BCUT2D eigenvalue weighted by molar-refractivity contribution is 9.10. The summed E-state index contributed by atoms with van der Waals surface area (Å²) in [5.41, 5.74) is 6.72. The van der Waals surface area contributed by atoms with Gasteiger partial charge in [0.1, 0.15) is 23.7 Å². The standard InChI is InChI=1S/C15H13BrFNO3/c1-20-13-4-2-3-12(18)14(13)15(19)21-8-9-5-10(16)7-11(17)6-9/h2-7H,8,18H2,1H3. The van der Waals surface area contributed by atoms with Crippen molar-refractivity contribution in [3.05, 3.63) is 57.8 Å². The monoisotopic (exact) mass is 353 g/mol. The number of hydrogen-bond donors (Lipinski definition) is 1. The van der Waals surface area contributed by atoms with Crippen LogP contribution in [0.4, 0.5) is 10.1 Å². The van der Waals surface area contributed by atoms with Gasteiger partial charge in [-0.25, -0.2) is 9.18 Å². The number of esters is 1. The zero-order chi connectivity index (χ0) is 15.4. The molecule has 2 aromatic carbocycles. The number of nitrogens with two attached hydrogens (primary N) is 1. The molecule has 0 aromatic heterocycles. The molecule has 0 saturated carbocycles. The first kappa shape index (κ1) is 15.3. The predicted molar refractivity (Wildman–Crippen MR) is 80.6 cm³/mol. The van der Waals surface area contributed by atoms with E-state index in [0.29, 0.717) is 15.8 Å². The summed E-state index contributed by atoms with van der Waals surface area (Å²) in [6.45, 7) is -0.0628. The fourth-order valence-electron chi connectivity index (χ4n) is 1.85. The number of carbonyl (C=O) groups excluding carboxylic acids is 1. The Morgan fingerprint density at radius 2 is 2.10 bits per heavy atom. The lowest BCUT2D eigenvalue weighted by Gasteiger charge is -2.11. The Labute approximate surface area is 129 Å². The second-order valence-corrected chi connectivity index (χ2v) is 5.19. The number of methoxy groups -OCH3 is 1. The van der Waals surface area contributed by atoms with Crippen LogP contribution in [0.5, 0.6) is 5.75 Å². The van der Waals surface area contributed by atoms with Gasteiger partial charge in [0, 0.05) is 10.2 Å². The predicted octanol–water partition coefficient (Wildman–Crippen LogP) is 3.54. The van der Waals surface area contributed by atoms with Crippen LogP contribution in [-0.4, -0.2) is 13.1 Å². The summed E-state index contributed by atoms with van der Waals surface area (Å²) in [6, 6.07) is 9.16. The van der Waals surface area contributed by atoms with Gasteiger partial charge in [0.05, 0.1) is 7.11 Å². The number of halogens is 2. The third kappa shape index (κ3) is 3.72. The van der Waals surface area contributed by atoms with Crippen LogP contribution in [0.15, 0.2) is 40.9 Å². The molecular weight excluding hydrogens is 341 g/mol. The van der Waals surface area contributed by atoms with E-state index in [1.165, 1.54) is 19.2 Å². The van der Waals surface area contributed by atoms with Crippen molar-refractivity contribution in [2.45, 2.75) is 6.61 Å². The number of nitrogen functional groups attached to an aromatic ring is 1. The molecule has 21 heavy (non-hydrogen) atoms. The van der Waals surface area contributed by atoms with Gasteiger partial charge >= 0.3 is 5.97 Å². The van der Waals surface area contributed by atoms with Gasteiger partial charge in [-0.2, -0.15) is 0 Å². The first-order valence-electron chi connectivity index (χ1n) is 6.06. The van der Waals surface area contributed by atoms with Gasteiger partial charge in [0.25, 0.3) is 0 Å². The van der Waals surface area contributed by atoms with E-state index in [-0.39, 0.29) is 17.9 Å². The third-order valence-corrected chi connectivity index (χ3v) is 3.23. The van der Waals surface area contributed by atoms with E-state index >= 15 is 0 Å². The second kappa shape index (κ2) is 6.58. The van der Waals surface area contributed by atoms with Crippen molar-refractivity contribution in [1.29, 1.82) is 0 Å². The molecule has 0 spiro atoms. The Morgan fingerprint density at radius 1 is 1.33 bits per heavy atom. The van der Waals surface area contributed by atoms with Crippen molar-refractivity contribution >= 4 is 27.6 Å². The highest BCUT2D eigenvalue weighted by atomic mass is 79.9. The smallest absolute Gasteiger partial charge is 0.344 e. The van der Waals surface area contributed by atoms with Gasteiger partial charge < -0.3 is 15.2 Å². The molecule has 0 aliphatic heterocycles. The number of carbonyl (C=O) groups is 1. The topological polar surface area (TPSA) is 61.5 Å². The van der Waals surface area contributed by atoms with Crippen LogP contribution < -0.4 is 10.5 Å². The summed E-state index contributed by atoms with van der Waals surface area (Å²) < 4.78 is 24.1. The maximum Gasteiger partial charge on any atom is 0.344 e. The molecule has 2 rings (SSSR count). The minimum Gasteiger partial charge on any atom is -0.496 e. The van der Waals surface area contributed by atoms with Crippen molar-refractivity contribution < 1.29 is 18.7 Å². The van der Waals surface area contributed by atoms with Crippen LogP contribution in [0, 0.1) is 5.82 Å². The number of benzene rings is 2. The molecule has 0 radical (unpaired) electrons. The molecular formula is C15H13BrFNO3. The fourth-order valence-corrected chi connectivity index (χ4v) is 2.36. The van der Waals surface area contributed by atoms with Gasteiger partial charge in [-0.1, -0.05) is 22.0 Å². The van der Waals surface area contributed by atoms with Crippen LogP contribution in [-0.2, 0) is 11.3 Å². The average molecular weight is 354 g/mol. The van der Waals surface area contributed by atoms with Crippen LogP contribution in [0.1, 0.15) is 15.9 Å². The first-order valence-corrected chi connectivity index (χ1v) is 6.85. The number of ether oxygens (including phenoxy) is 2. The summed E-state index contributed by atoms with van der Waals surface area (Å²) >= 11 is 3.18. The molecule has 0 aliphatic rings. The van der Waals surface area contributed by atoms with E-state index in [9.17, 15) is 9.18 Å². The Hall–Kier alpha value is -2.08. The second-order valence-electron chi connectivity index (χ2n) is 4.28. The molecule has 0 atom stereocenters. The van der Waals surface area contributed by atoms with Crippen molar-refractivity contribution in [1.82, 2.24) is 0 Å². The van der Waals surface area contributed by atoms with Crippen LogP contribution in [0.3, 0.4) is 0 Å². The van der Waals surface area contributed by atoms with Crippen molar-refractivity contribution in [2.75, 3.05) is 12.8 Å². The molecule has 4 nitrogen and oxygen atoms in total. The van der Waals surface area contributed by atoms with Crippen molar-refractivity contribution in [3.63, 3.8) is 0 Å². The quantitative estimate of drug-likeness (QED) is 0.674. The van der Waals surface area contributed by atoms with Gasteiger partial charge in [0.15, 0.2) is 0 Å². The molecule has 0 aliphatic carbocycles. The molecule has 0 heterocycles. The van der Waals surface area contributed by atoms with E-state index in [4.69, 9.17) is 15.2 Å². The van der Waals surface area contributed by atoms with Crippen LogP contribution in [0.2, 0.25) is 0 Å². The summed E-state index contributed by atoms with van der Waals surface area (Å²) in [4.78, 5) is 12.1. The summed E-state index contributed by atoms with van der Waals surface area (Å²) in [5, 5.41) is 0. The number of rotatable bonds is 4. The van der Waals surface area contributed by atoms with Gasteiger partial charge in [-0.3, -0.25) is 0 Å². The normalized spacial score (nSPS) is 10.2. The SMILES string of the molecule is COc1cccc(N)c1C(=O)OCc1cc(F)cc(Br)c1. The molecule has 2 N–H and O–H groups in total. The number of hydrogen-bond acceptors (Lipinski definition) is 4. The molecule has 110 valence electrons. The lowest BCUT2D eigenvalue weighted by molar-refractivity contribution is 0.0470. The fraction of sp³-hybridized carbons (Fsp3) is 0.133. The third-order valence-electron chi connectivity index (χ3n) is 2.77. The Kier molecular flexibility index (Phi) is 4.80. The van der Waals surface area contributed by atoms with E-state index in [0.717, 1.165) is 0 Å². The van der Waals surface area contributed by atoms with Crippen LogP contribution >= 0.6 is 15.9 Å².